The molecule has 0 amide bonds. The molecule has 0 radical (unpaired) electrons. The average Bonchev–Trinajstić information content (AvgIpc) is 2.17. The molecule has 1 aromatic heterocycles. The van der Waals surface area contributed by atoms with Gasteiger partial charge in [0.25, 0.3) is 0 Å². The number of hydrogen-bond donors (Lipinski definition) is 1. The molecule has 0 atom stereocenters. The van der Waals surface area contributed by atoms with Crippen molar-refractivity contribution in [3.63, 3.8) is 0 Å². The van der Waals surface area contributed by atoms with Crippen LogP contribution in [0, 0.1) is 0 Å². The highest BCUT2D eigenvalue weighted by atomic mass is 16.5. The average molecular weight is 180 g/mol. The topological polar surface area (TPSA) is 34.1 Å². The lowest BCUT2D eigenvalue weighted by atomic mass is 10.3. The Morgan fingerprint density at radius 2 is 2.31 bits per heavy atom. The molecule has 1 rings (SSSR count). The molecule has 3 heteroatoms. The van der Waals surface area contributed by atoms with Crippen LogP contribution in [0.25, 0.3) is 0 Å². The van der Waals surface area contributed by atoms with Crippen LogP contribution < -0.4 is 10.1 Å². The fraction of sp³-hybridized carbons (Fsp3) is 0.500. The highest BCUT2D eigenvalue weighted by Crippen LogP contribution is 2.08. The highest BCUT2D eigenvalue weighted by molar-refractivity contribution is 5.19. The highest BCUT2D eigenvalue weighted by Gasteiger charge is 1.94. The number of pyridine rings is 1. The lowest BCUT2D eigenvalue weighted by molar-refractivity contribution is 0.316. The fourth-order valence-corrected chi connectivity index (χ4v) is 1.00. The third kappa shape index (κ3) is 3.42. The second kappa shape index (κ2) is 5.54. The molecule has 0 saturated heterocycles. The molecule has 0 aliphatic rings. The van der Waals surface area contributed by atoms with Gasteiger partial charge in [0, 0.05) is 6.54 Å². The van der Waals surface area contributed by atoms with Gasteiger partial charge in [-0.15, -0.1) is 0 Å². The van der Waals surface area contributed by atoms with Crippen LogP contribution in [0.5, 0.6) is 5.75 Å². The Labute approximate surface area is 79.1 Å². The zero-order valence-electron chi connectivity index (χ0n) is 8.21. The summed E-state index contributed by atoms with van der Waals surface area (Å²) in [5.74, 6) is 0.849. The summed E-state index contributed by atoms with van der Waals surface area (Å²) in [4.78, 5) is 4.23. The van der Waals surface area contributed by atoms with Gasteiger partial charge in [0.15, 0.2) is 0 Å². The number of rotatable bonds is 5. The van der Waals surface area contributed by atoms with E-state index in [0.29, 0.717) is 0 Å². The van der Waals surface area contributed by atoms with E-state index in [-0.39, 0.29) is 0 Å². The van der Waals surface area contributed by atoms with Crippen molar-refractivity contribution in [3.8, 4) is 5.75 Å². The fourth-order valence-electron chi connectivity index (χ4n) is 1.00. The Bertz CT molecular complexity index is 233. The molecule has 0 bridgehead atoms. The molecule has 0 aliphatic carbocycles. The third-order valence-electron chi connectivity index (χ3n) is 1.63. The van der Waals surface area contributed by atoms with Crippen molar-refractivity contribution < 1.29 is 4.74 Å². The first-order valence-corrected chi connectivity index (χ1v) is 4.59. The molecule has 0 saturated carbocycles. The first-order chi connectivity index (χ1) is 6.36. The van der Waals surface area contributed by atoms with Crippen molar-refractivity contribution in [1.82, 2.24) is 10.3 Å². The quantitative estimate of drug-likeness (QED) is 0.747. The number of nitrogens with one attached hydrogen (secondary N) is 1. The van der Waals surface area contributed by atoms with Crippen LogP contribution in [-0.4, -0.2) is 18.6 Å². The van der Waals surface area contributed by atoms with Gasteiger partial charge >= 0.3 is 0 Å². The van der Waals surface area contributed by atoms with Crippen LogP contribution in [0.1, 0.15) is 19.0 Å². The Morgan fingerprint density at radius 1 is 1.46 bits per heavy atom. The summed E-state index contributed by atoms with van der Waals surface area (Å²) in [6.45, 7) is 3.64. The predicted molar refractivity (Wildman–Crippen MR) is 52.8 cm³/mol. The second-order valence-electron chi connectivity index (χ2n) is 2.86. The molecule has 0 aliphatic heterocycles. The standard InChI is InChI=1S/C10H16N2O/c1-3-6-13-10-5-4-9(7-11-2)12-8-10/h4-5,8,11H,3,6-7H2,1-2H3. The first-order valence-electron chi connectivity index (χ1n) is 4.59. The van der Waals surface area contributed by atoms with Crippen molar-refractivity contribution in [2.24, 2.45) is 0 Å². The summed E-state index contributed by atoms with van der Waals surface area (Å²) in [5, 5.41) is 3.04. The van der Waals surface area contributed by atoms with E-state index in [9.17, 15) is 0 Å². The van der Waals surface area contributed by atoms with E-state index in [0.717, 1.165) is 31.0 Å². The maximum Gasteiger partial charge on any atom is 0.137 e. The molecule has 0 aromatic carbocycles. The molecule has 13 heavy (non-hydrogen) atoms. The van der Waals surface area contributed by atoms with Crippen molar-refractivity contribution in [3.05, 3.63) is 24.0 Å². The lowest BCUT2D eigenvalue weighted by Gasteiger charge is -2.04. The molecule has 1 N–H and O–H groups in total. The largest absolute Gasteiger partial charge is 0.492 e. The van der Waals surface area contributed by atoms with Crippen molar-refractivity contribution >= 4 is 0 Å². The monoisotopic (exact) mass is 180 g/mol. The molecule has 72 valence electrons. The van der Waals surface area contributed by atoms with Gasteiger partial charge in [0.1, 0.15) is 5.75 Å². The maximum atomic E-state index is 5.41. The summed E-state index contributed by atoms with van der Waals surface area (Å²) in [7, 11) is 1.91. The van der Waals surface area contributed by atoms with Crippen LogP contribution in [0.2, 0.25) is 0 Å². The lowest BCUT2D eigenvalue weighted by Crippen LogP contribution is -2.06. The van der Waals surface area contributed by atoms with Crippen molar-refractivity contribution in [2.45, 2.75) is 19.9 Å². The SMILES string of the molecule is CCCOc1ccc(CNC)nc1. The summed E-state index contributed by atoms with van der Waals surface area (Å²) >= 11 is 0. The van der Waals surface area contributed by atoms with E-state index in [1.165, 1.54) is 0 Å². The van der Waals surface area contributed by atoms with Gasteiger partial charge in [0.05, 0.1) is 18.5 Å². The summed E-state index contributed by atoms with van der Waals surface area (Å²) in [6.07, 6.45) is 2.79. The zero-order valence-corrected chi connectivity index (χ0v) is 8.21. The molecule has 0 spiro atoms. The van der Waals surface area contributed by atoms with E-state index < -0.39 is 0 Å². The zero-order chi connectivity index (χ0) is 9.52. The minimum atomic E-state index is 0.757. The molecule has 0 fully saturated rings. The third-order valence-corrected chi connectivity index (χ3v) is 1.63. The Morgan fingerprint density at radius 3 is 2.85 bits per heavy atom. The molecule has 1 aromatic rings. The number of ether oxygens (including phenoxy) is 1. The summed E-state index contributed by atoms with van der Waals surface area (Å²) in [5.41, 5.74) is 1.03. The van der Waals surface area contributed by atoms with E-state index in [2.05, 4.69) is 17.2 Å². The van der Waals surface area contributed by atoms with Crippen LogP contribution in [-0.2, 0) is 6.54 Å². The smallest absolute Gasteiger partial charge is 0.137 e. The van der Waals surface area contributed by atoms with Crippen LogP contribution in [0.4, 0.5) is 0 Å². The van der Waals surface area contributed by atoms with Crippen LogP contribution >= 0.6 is 0 Å². The van der Waals surface area contributed by atoms with Crippen molar-refractivity contribution in [2.75, 3.05) is 13.7 Å². The minimum Gasteiger partial charge on any atom is -0.492 e. The van der Waals surface area contributed by atoms with Gasteiger partial charge in [0.2, 0.25) is 0 Å². The molecule has 1 heterocycles. The normalized spacial score (nSPS) is 10.0. The first kappa shape index (κ1) is 9.99. The minimum absolute atomic E-state index is 0.757. The van der Waals surface area contributed by atoms with Crippen molar-refractivity contribution in [1.29, 1.82) is 0 Å². The van der Waals surface area contributed by atoms with Gasteiger partial charge in [-0.1, -0.05) is 6.92 Å². The van der Waals surface area contributed by atoms with Crippen LogP contribution in [0.15, 0.2) is 18.3 Å². The Hall–Kier alpha value is -1.09. The molecule has 3 nitrogen and oxygen atoms in total. The summed E-state index contributed by atoms with van der Waals surface area (Å²) < 4.78 is 5.41. The van der Waals surface area contributed by atoms with E-state index in [1.807, 2.05) is 19.2 Å². The molecular formula is C10H16N2O. The number of nitrogens with zero attached hydrogens (tertiary/aromatic N) is 1. The molecule has 0 unspecified atom stereocenters. The van der Waals surface area contributed by atoms with Gasteiger partial charge in [-0.2, -0.15) is 0 Å². The number of hydrogen-bond acceptors (Lipinski definition) is 3. The summed E-state index contributed by atoms with van der Waals surface area (Å²) in [6, 6.07) is 3.93. The Kier molecular flexibility index (Phi) is 4.26. The Balaban J connectivity index is 2.48. The van der Waals surface area contributed by atoms with E-state index in [1.54, 1.807) is 6.20 Å². The molecular weight excluding hydrogens is 164 g/mol. The maximum absolute atomic E-state index is 5.41. The van der Waals surface area contributed by atoms with Gasteiger partial charge in [-0.05, 0) is 25.6 Å². The van der Waals surface area contributed by atoms with Gasteiger partial charge in [-0.3, -0.25) is 4.98 Å². The predicted octanol–water partition coefficient (Wildman–Crippen LogP) is 1.59. The van der Waals surface area contributed by atoms with Crippen LogP contribution in [0.3, 0.4) is 0 Å². The van der Waals surface area contributed by atoms with Gasteiger partial charge in [-0.25, -0.2) is 0 Å². The van der Waals surface area contributed by atoms with E-state index >= 15 is 0 Å². The number of aromatic nitrogens is 1. The van der Waals surface area contributed by atoms with E-state index in [4.69, 9.17) is 4.74 Å². The van der Waals surface area contributed by atoms with Gasteiger partial charge < -0.3 is 10.1 Å². The second-order valence-corrected chi connectivity index (χ2v) is 2.86.